The lowest BCUT2D eigenvalue weighted by Gasteiger charge is -2.19. The molecule has 104 valence electrons. The molecule has 1 aromatic rings. The van der Waals surface area contributed by atoms with Crippen LogP contribution in [0.1, 0.15) is 49.9 Å². The number of alkyl halides is 1. The molecule has 0 spiro atoms. The maximum atomic E-state index is 13.8. The van der Waals surface area contributed by atoms with Crippen LogP contribution in [-0.2, 0) is 4.79 Å². The Balaban J connectivity index is 2.45. The zero-order valence-corrected chi connectivity index (χ0v) is 11.3. The predicted molar refractivity (Wildman–Crippen MR) is 70.7 cm³/mol. The third kappa shape index (κ3) is 3.06. The number of hydrogen-bond acceptors (Lipinski definition) is 3. The Kier molecular flexibility index (Phi) is 4.40. The van der Waals surface area contributed by atoms with Crippen molar-refractivity contribution in [1.29, 1.82) is 0 Å². The lowest BCUT2D eigenvalue weighted by Crippen LogP contribution is -2.03. The van der Waals surface area contributed by atoms with Crippen LogP contribution in [0.15, 0.2) is 12.1 Å². The summed E-state index contributed by atoms with van der Waals surface area (Å²) in [5, 5.41) is 0. The maximum Gasteiger partial charge on any atom is 0.161 e. The van der Waals surface area contributed by atoms with Crippen molar-refractivity contribution in [3.63, 3.8) is 0 Å². The van der Waals surface area contributed by atoms with E-state index >= 15 is 0 Å². The molecule has 1 aromatic carbocycles. The highest BCUT2D eigenvalue weighted by Crippen LogP contribution is 2.39. The molecule has 0 aromatic heterocycles. The number of aldehydes is 1. The van der Waals surface area contributed by atoms with Crippen molar-refractivity contribution in [1.82, 2.24) is 0 Å². The van der Waals surface area contributed by atoms with E-state index in [0.717, 1.165) is 18.3 Å². The second kappa shape index (κ2) is 6.04. The summed E-state index contributed by atoms with van der Waals surface area (Å²) in [6, 6.07) is 3.53. The van der Waals surface area contributed by atoms with Crippen molar-refractivity contribution < 1.29 is 18.7 Å². The Bertz CT molecular complexity index is 457. The minimum absolute atomic E-state index is 0.0251. The zero-order valence-electron chi connectivity index (χ0n) is 11.3. The highest BCUT2D eigenvalue weighted by Gasteiger charge is 2.21. The van der Waals surface area contributed by atoms with Crippen LogP contribution < -0.4 is 9.47 Å². The number of ether oxygens (including phenoxy) is 2. The van der Waals surface area contributed by atoms with Gasteiger partial charge in [0, 0.05) is 12.8 Å². The van der Waals surface area contributed by atoms with Crippen LogP contribution >= 0.6 is 0 Å². The first kappa shape index (κ1) is 13.8. The van der Waals surface area contributed by atoms with E-state index < -0.39 is 6.17 Å². The first-order chi connectivity index (χ1) is 9.13. The molecule has 0 aliphatic carbocycles. The van der Waals surface area contributed by atoms with Crippen molar-refractivity contribution in [3.05, 3.63) is 23.3 Å². The van der Waals surface area contributed by atoms with Crippen LogP contribution in [0, 0.1) is 0 Å². The summed E-state index contributed by atoms with van der Waals surface area (Å²) >= 11 is 0. The quantitative estimate of drug-likeness (QED) is 0.781. The molecule has 1 heterocycles. The maximum absolute atomic E-state index is 13.8. The van der Waals surface area contributed by atoms with Gasteiger partial charge in [0.15, 0.2) is 11.5 Å². The van der Waals surface area contributed by atoms with Gasteiger partial charge in [0.2, 0.25) is 0 Å². The minimum atomic E-state index is -1.10. The molecule has 2 atom stereocenters. The van der Waals surface area contributed by atoms with Crippen molar-refractivity contribution in [3.8, 4) is 11.5 Å². The lowest BCUT2D eigenvalue weighted by atomic mass is 9.91. The van der Waals surface area contributed by atoms with Crippen LogP contribution in [-0.4, -0.2) is 19.5 Å². The molecule has 0 saturated carbocycles. The van der Waals surface area contributed by atoms with Gasteiger partial charge in [0.05, 0.1) is 13.2 Å². The third-order valence-corrected chi connectivity index (χ3v) is 3.36. The number of halogens is 1. The first-order valence-electron chi connectivity index (χ1n) is 6.64. The summed E-state index contributed by atoms with van der Waals surface area (Å²) in [5.41, 5.74) is 1.41. The number of benzene rings is 1. The van der Waals surface area contributed by atoms with Crippen LogP contribution in [0.2, 0.25) is 0 Å². The molecule has 4 heteroatoms. The van der Waals surface area contributed by atoms with E-state index in [1.807, 2.05) is 13.0 Å². The van der Waals surface area contributed by atoms with Gasteiger partial charge < -0.3 is 14.3 Å². The zero-order chi connectivity index (χ0) is 13.8. The average molecular weight is 266 g/mol. The van der Waals surface area contributed by atoms with Crippen LogP contribution in [0.4, 0.5) is 4.39 Å². The molecule has 0 bridgehead atoms. The first-order valence-corrected chi connectivity index (χ1v) is 6.64. The molecule has 0 fully saturated rings. The minimum Gasteiger partial charge on any atom is -0.490 e. The molecule has 1 aliphatic heterocycles. The van der Waals surface area contributed by atoms with Gasteiger partial charge in [-0.25, -0.2) is 4.39 Å². The molecule has 2 unspecified atom stereocenters. The monoisotopic (exact) mass is 266 g/mol. The van der Waals surface area contributed by atoms with Crippen LogP contribution in [0.25, 0.3) is 0 Å². The number of hydrogen-bond donors (Lipinski definition) is 0. The fourth-order valence-electron chi connectivity index (χ4n) is 2.28. The van der Waals surface area contributed by atoms with E-state index in [4.69, 9.17) is 9.47 Å². The summed E-state index contributed by atoms with van der Waals surface area (Å²) < 4.78 is 25.0. The SMILES string of the molecule is CC(F)c1cc2c(cc1C(C)CC=O)OCCCO2. The van der Waals surface area contributed by atoms with E-state index in [2.05, 4.69) is 0 Å². The number of carbonyl (C=O) groups is 1. The number of fused-ring (bicyclic) bond motifs is 1. The van der Waals surface area contributed by atoms with E-state index in [1.54, 1.807) is 6.07 Å². The Labute approximate surface area is 112 Å². The Morgan fingerprint density at radius 2 is 1.79 bits per heavy atom. The van der Waals surface area contributed by atoms with E-state index in [1.165, 1.54) is 6.92 Å². The van der Waals surface area contributed by atoms with Gasteiger partial charge in [-0.3, -0.25) is 0 Å². The predicted octanol–water partition coefficient (Wildman–Crippen LogP) is 3.57. The fraction of sp³-hybridized carbons (Fsp3) is 0.533. The Hall–Kier alpha value is -1.58. The molecule has 0 saturated heterocycles. The molecular weight excluding hydrogens is 247 g/mol. The fourth-order valence-corrected chi connectivity index (χ4v) is 2.28. The van der Waals surface area contributed by atoms with Crippen LogP contribution in [0.3, 0.4) is 0 Å². The third-order valence-electron chi connectivity index (χ3n) is 3.36. The lowest BCUT2D eigenvalue weighted by molar-refractivity contribution is -0.108. The summed E-state index contributed by atoms with van der Waals surface area (Å²) in [4.78, 5) is 10.7. The van der Waals surface area contributed by atoms with Gasteiger partial charge in [-0.15, -0.1) is 0 Å². The number of rotatable bonds is 4. The van der Waals surface area contributed by atoms with Gasteiger partial charge in [-0.2, -0.15) is 0 Å². The summed E-state index contributed by atoms with van der Waals surface area (Å²) in [7, 11) is 0. The molecule has 1 aliphatic rings. The molecular formula is C15H19FO3. The topological polar surface area (TPSA) is 35.5 Å². The molecule has 0 N–H and O–H groups in total. The van der Waals surface area contributed by atoms with Gasteiger partial charge in [0.1, 0.15) is 12.5 Å². The van der Waals surface area contributed by atoms with E-state index in [-0.39, 0.29) is 5.92 Å². The average Bonchev–Trinajstić information content (AvgIpc) is 2.61. The normalized spacial score (nSPS) is 17.4. The molecule has 19 heavy (non-hydrogen) atoms. The summed E-state index contributed by atoms with van der Waals surface area (Å²) in [6.45, 7) is 4.59. The summed E-state index contributed by atoms with van der Waals surface area (Å²) in [6.07, 6.45) is 0.954. The van der Waals surface area contributed by atoms with Crippen molar-refractivity contribution >= 4 is 6.29 Å². The van der Waals surface area contributed by atoms with Gasteiger partial charge in [0.25, 0.3) is 0 Å². The van der Waals surface area contributed by atoms with E-state index in [0.29, 0.717) is 36.7 Å². The van der Waals surface area contributed by atoms with Crippen molar-refractivity contribution in [2.45, 2.75) is 38.8 Å². The van der Waals surface area contributed by atoms with Crippen LogP contribution in [0.5, 0.6) is 11.5 Å². The Morgan fingerprint density at radius 3 is 2.32 bits per heavy atom. The van der Waals surface area contributed by atoms with Gasteiger partial charge in [-0.1, -0.05) is 6.92 Å². The highest BCUT2D eigenvalue weighted by molar-refractivity contribution is 5.55. The molecule has 2 rings (SSSR count). The number of carbonyl (C=O) groups excluding carboxylic acids is 1. The van der Waals surface area contributed by atoms with Gasteiger partial charge >= 0.3 is 0 Å². The molecule has 0 radical (unpaired) electrons. The Morgan fingerprint density at radius 1 is 1.21 bits per heavy atom. The van der Waals surface area contributed by atoms with Crippen molar-refractivity contribution in [2.75, 3.05) is 13.2 Å². The largest absolute Gasteiger partial charge is 0.490 e. The molecule has 3 nitrogen and oxygen atoms in total. The second-order valence-electron chi connectivity index (χ2n) is 4.90. The van der Waals surface area contributed by atoms with E-state index in [9.17, 15) is 9.18 Å². The highest BCUT2D eigenvalue weighted by atomic mass is 19.1. The molecule has 0 amide bonds. The standard InChI is InChI=1S/C15H19FO3/c1-10(4-5-17)12-8-14-15(9-13(12)11(2)16)19-7-3-6-18-14/h5,8-11H,3-4,6-7H2,1-2H3. The smallest absolute Gasteiger partial charge is 0.161 e. The van der Waals surface area contributed by atoms with Crippen molar-refractivity contribution in [2.24, 2.45) is 0 Å². The second-order valence-corrected chi connectivity index (χ2v) is 4.90. The van der Waals surface area contributed by atoms with Gasteiger partial charge in [-0.05, 0) is 36.1 Å². The summed E-state index contributed by atoms with van der Waals surface area (Å²) in [5.74, 6) is 1.22.